The summed E-state index contributed by atoms with van der Waals surface area (Å²) in [7, 11) is -3.16. The Morgan fingerprint density at radius 1 is 1.62 bits per heavy atom. The molecule has 0 saturated heterocycles. The number of hydrogen-bond donors (Lipinski definition) is 1. The molecule has 1 heterocycles. The van der Waals surface area contributed by atoms with Gasteiger partial charge in [0.05, 0.1) is 18.1 Å². The summed E-state index contributed by atoms with van der Waals surface area (Å²) in [6.07, 6.45) is 2.32. The fourth-order valence-corrected chi connectivity index (χ4v) is 1.37. The summed E-state index contributed by atoms with van der Waals surface area (Å²) in [5.74, 6) is 0.975. The summed E-state index contributed by atoms with van der Waals surface area (Å²) in [5.41, 5.74) is 0. The van der Waals surface area contributed by atoms with Gasteiger partial charge in [-0.15, -0.1) is 3.96 Å². The number of nitrogens with zero attached hydrogens (tertiary/aromatic N) is 1. The van der Waals surface area contributed by atoms with Gasteiger partial charge in [-0.1, -0.05) is 17.2 Å². The summed E-state index contributed by atoms with van der Waals surface area (Å²) >= 11 is 1.65. The molecule has 8 heteroatoms. The quantitative estimate of drug-likeness (QED) is 0.390. The maximum Gasteiger partial charge on any atom is 0.435 e. The average Bonchev–Trinajstić information content (AvgIpc) is 2.49. The van der Waals surface area contributed by atoms with Crippen LogP contribution in [0.1, 0.15) is 19.8 Å². The number of halogens is 1. The van der Waals surface area contributed by atoms with Crippen LogP contribution in [0.25, 0.3) is 0 Å². The number of rotatable bonds is 4. The molecule has 5 nitrogen and oxygen atoms in total. The zero-order valence-electron chi connectivity index (χ0n) is 9.09. The van der Waals surface area contributed by atoms with Crippen LogP contribution in [0.2, 0.25) is 0 Å². The molecule has 0 atom stereocenters. The van der Waals surface area contributed by atoms with E-state index in [2.05, 4.69) is 6.92 Å². The maximum atomic E-state index is 10.2. The molecule has 0 amide bonds. The van der Waals surface area contributed by atoms with Crippen LogP contribution in [0, 0.1) is 0 Å². The van der Waals surface area contributed by atoms with Crippen molar-refractivity contribution in [1.29, 1.82) is 0 Å². The number of ether oxygens (including phenoxy) is 1. The van der Waals surface area contributed by atoms with Crippen LogP contribution >= 0.6 is 11.5 Å². The first-order valence-corrected chi connectivity index (χ1v) is 6.76. The fraction of sp³-hybridized carbons (Fsp3) is 0.625. The summed E-state index contributed by atoms with van der Waals surface area (Å²) in [6.45, 7) is 3.00. The van der Waals surface area contributed by atoms with E-state index in [1.54, 1.807) is 11.5 Å². The molecule has 1 aromatic rings. The Balaban J connectivity index is 0.000000385. The minimum Gasteiger partial charge on any atom is -0.444 e. The third kappa shape index (κ3) is 9.81. The van der Waals surface area contributed by atoms with E-state index in [9.17, 15) is 3.89 Å². The SMILES string of the molecule is CCCCOc1ccs[n+]1C.O=S(=O)(O)F. The Labute approximate surface area is 98.7 Å². The average molecular weight is 272 g/mol. The van der Waals surface area contributed by atoms with Crippen LogP contribution in [0.3, 0.4) is 0 Å². The molecular weight excluding hydrogens is 257 g/mol. The molecule has 0 radical (unpaired) electrons. The van der Waals surface area contributed by atoms with Crippen LogP contribution in [-0.4, -0.2) is 19.6 Å². The van der Waals surface area contributed by atoms with Crippen molar-refractivity contribution in [3.8, 4) is 5.88 Å². The van der Waals surface area contributed by atoms with Gasteiger partial charge in [0.25, 0.3) is 0 Å². The van der Waals surface area contributed by atoms with Gasteiger partial charge < -0.3 is 4.74 Å². The minimum atomic E-state index is -5.17. The number of aromatic nitrogens is 1. The Kier molecular flexibility index (Phi) is 7.18. The highest BCUT2D eigenvalue weighted by Crippen LogP contribution is 2.05. The molecule has 0 bridgehead atoms. The van der Waals surface area contributed by atoms with Gasteiger partial charge in [0.2, 0.25) is 0 Å². The normalized spacial score (nSPS) is 10.5. The molecule has 16 heavy (non-hydrogen) atoms. The van der Waals surface area contributed by atoms with Crippen molar-refractivity contribution < 1.29 is 25.5 Å². The maximum absolute atomic E-state index is 10.2. The third-order valence-electron chi connectivity index (χ3n) is 1.49. The van der Waals surface area contributed by atoms with E-state index in [1.165, 1.54) is 6.42 Å². The molecule has 0 unspecified atom stereocenters. The van der Waals surface area contributed by atoms with Crippen LogP contribution in [0.15, 0.2) is 11.4 Å². The lowest BCUT2D eigenvalue weighted by Gasteiger charge is -1.96. The topological polar surface area (TPSA) is 67.5 Å². The van der Waals surface area contributed by atoms with Crippen LogP contribution in [0.4, 0.5) is 3.89 Å². The van der Waals surface area contributed by atoms with E-state index in [0.717, 1.165) is 18.9 Å². The monoisotopic (exact) mass is 272 g/mol. The highest BCUT2D eigenvalue weighted by Gasteiger charge is 2.07. The molecule has 1 N–H and O–H groups in total. The first-order valence-electron chi connectivity index (χ1n) is 4.58. The van der Waals surface area contributed by atoms with Gasteiger partial charge in [0.1, 0.15) is 11.5 Å². The van der Waals surface area contributed by atoms with Crippen molar-refractivity contribution in [2.45, 2.75) is 19.8 Å². The van der Waals surface area contributed by atoms with Gasteiger partial charge in [-0.05, 0) is 6.42 Å². The predicted octanol–water partition coefficient (Wildman–Crippen LogP) is 1.51. The van der Waals surface area contributed by atoms with E-state index in [0.29, 0.717) is 0 Å². The van der Waals surface area contributed by atoms with Crippen molar-refractivity contribution in [3.63, 3.8) is 0 Å². The van der Waals surface area contributed by atoms with E-state index < -0.39 is 10.5 Å². The van der Waals surface area contributed by atoms with E-state index in [-0.39, 0.29) is 0 Å². The van der Waals surface area contributed by atoms with Crippen molar-refractivity contribution >= 4 is 22.0 Å². The highest BCUT2D eigenvalue weighted by molar-refractivity contribution is 7.80. The lowest BCUT2D eigenvalue weighted by Crippen LogP contribution is -2.24. The summed E-state index contributed by atoms with van der Waals surface area (Å²) in [5, 5.41) is 2.03. The zero-order chi connectivity index (χ0) is 12.6. The van der Waals surface area contributed by atoms with Gasteiger partial charge >= 0.3 is 16.4 Å². The van der Waals surface area contributed by atoms with Crippen LogP contribution < -0.4 is 8.69 Å². The number of hydrogen-bond acceptors (Lipinski definition) is 4. The van der Waals surface area contributed by atoms with Crippen LogP contribution in [0.5, 0.6) is 5.88 Å². The standard InChI is InChI=1S/C8H14NOS.FHO3S/c1-3-4-6-10-8-5-7-11-9(8)2;1-5(2,3)4/h5,7H,3-4,6H2,1-2H3;(H,2,3,4)/q+1;. The molecular formula is C8H15FNO4S2+. The summed E-state index contributed by atoms with van der Waals surface area (Å²) in [6, 6.07) is 2.00. The van der Waals surface area contributed by atoms with Gasteiger partial charge in [-0.25, -0.2) is 0 Å². The van der Waals surface area contributed by atoms with Gasteiger partial charge in [-0.2, -0.15) is 8.42 Å². The van der Waals surface area contributed by atoms with E-state index in [4.69, 9.17) is 17.7 Å². The minimum absolute atomic E-state index is 0.834. The molecule has 0 aliphatic rings. The molecule has 0 spiro atoms. The lowest BCUT2D eigenvalue weighted by atomic mass is 10.4. The van der Waals surface area contributed by atoms with Crippen molar-refractivity contribution in [2.24, 2.45) is 7.05 Å². The second-order valence-electron chi connectivity index (χ2n) is 2.86. The van der Waals surface area contributed by atoms with E-state index in [1.807, 2.05) is 22.5 Å². The molecule has 0 aliphatic heterocycles. The molecule has 94 valence electrons. The Morgan fingerprint density at radius 3 is 2.56 bits per heavy atom. The largest absolute Gasteiger partial charge is 0.444 e. The smallest absolute Gasteiger partial charge is 0.435 e. The molecule has 0 aliphatic carbocycles. The highest BCUT2D eigenvalue weighted by atomic mass is 32.3. The Hall–Kier alpha value is -0.730. The molecule has 0 aromatic carbocycles. The molecule has 0 fully saturated rings. The summed E-state index contributed by atoms with van der Waals surface area (Å²) < 4.78 is 41.6. The molecule has 0 saturated carbocycles. The Morgan fingerprint density at radius 2 is 2.19 bits per heavy atom. The summed E-state index contributed by atoms with van der Waals surface area (Å²) in [4.78, 5) is 0. The number of unbranched alkanes of at least 4 members (excludes halogenated alkanes) is 1. The fourth-order valence-electron chi connectivity index (χ4n) is 0.797. The lowest BCUT2D eigenvalue weighted by molar-refractivity contribution is -0.608. The van der Waals surface area contributed by atoms with Crippen molar-refractivity contribution in [1.82, 2.24) is 0 Å². The molecule has 1 aromatic heterocycles. The first-order chi connectivity index (χ1) is 7.34. The van der Waals surface area contributed by atoms with Crippen molar-refractivity contribution in [3.05, 3.63) is 11.4 Å². The van der Waals surface area contributed by atoms with Crippen LogP contribution in [-0.2, 0) is 17.6 Å². The van der Waals surface area contributed by atoms with Gasteiger partial charge in [0, 0.05) is 0 Å². The predicted molar refractivity (Wildman–Crippen MR) is 58.6 cm³/mol. The van der Waals surface area contributed by atoms with Crippen molar-refractivity contribution in [2.75, 3.05) is 6.61 Å². The first kappa shape index (κ1) is 15.3. The van der Waals surface area contributed by atoms with Gasteiger partial charge in [0.15, 0.2) is 7.05 Å². The van der Waals surface area contributed by atoms with Gasteiger partial charge in [-0.3, -0.25) is 4.55 Å². The second kappa shape index (κ2) is 7.53. The van der Waals surface area contributed by atoms with E-state index >= 15 is 0 Å². The Bertz CT molecular complexity index is 382. The second-order valence-corrected chi connectivity index (χ2v) is 4.71. The molecule has 1 rings (SSSR count). The third-order valence-corrected chi connectivity index (χ3v) is 2.24. The number of aryl methyl sites for hydroxylation is 1. The zero-order valence-corrected chi connectivity index (χ0v) is 10.7.